The second-order valence-electron chi connectivity index (χ2n) is 10.3. The lowest BCUT2D eigenvalue weighted by atomic mass is 9.81. The number of hydrogen-bond acceptors (Lipinski definition) is 1. The van der Waals surface area contributed by atoms with E-state index in [1.54, 1.807) is 0 Å². The number of thiophene rings is 1. The van der Waals surface area contributed by atoms with Crippen molar-refractivity contribution < 1.29 is 0 Å². The molecule has 184 valence electrons. The maximum absolute atomic E-state index is 2.42. The number of benzene rings is 6. The van der Waals surface area contributed by atoms with Crippen molar-refractivity contribution in [2.45, 2.75) is 12.8 Å². The zero-order chi connectivity index (χ0) is 25.8. The second kappa shape index (κ2) is 9.08. The molecule has 0 unspecified atom stereocenters. The summed E-state index contributed by atoms with van der Waals surface area (Å²) in [5, 5.41) is 7.99. The van der Waals surface area contributed by atoms with Crippen molar-refractivity contribution in [2.75, 3.05) is 0 Å². The SMILES string of the molecule is C1=CC(c2ccccc2)=C(c2c3ccccc3c(-c3ccc4sc5ccccc5c4c3)c3ccccc23)CC1. The third-order valence-corrected chi connectivity index (χ3v) is 9.31. The molecule has 0 amide bonds. The van der Waals surface area contributed by atoms with Crippen LogP contribution in [0, 0.1) is 0 Å². The Kier molecular flexibility index (Phi) is 5.24. The van der Waals surface area contributed by atoms with Crippen molar-refractivity contribution in [3.63, 3.8) is 0 Å². The molecule has 6 aromatic carbocycles. The quantitative estimate of drug-likeness (QED) is 0.206. The van der Waals surface area contributed by atoms with E-state index in [1.807, 2.05) is 11.3 Å². The number of rotatable bonds is 3. The third-order valence-electron chi connectivity index (χ3n) is 8.15. The molecule has 0 N–H and O–H groups in total. The molecule has 1 aliphatic rings. The summed E-state index contributed by atoms with van der Waals surface area (Å²) in [7, 11) is 0. The monoisotopic (exact) mass is 514 g/mol. The van der Waals surface area contributed by atoms with Gasteiger partial charge in [-0.2, -0.15) is 0 Å². The molecule has 1 heterocycles. The minimum absolute atomic E-state index is 1.04. The van der Waals surface area contributed by atoms with Crippen molar-refractivity contribution in [2.24, 2.45) is 0 Å². The second-order valence-corrected chi connectivity index (χ2v) is 11.4. The standard InChI is InChI=1S/C38H26S/c1-2-12-25(13-3-1)27-14-4-5-16-29(27)38-32-19-8-6-17-30(32)37(31-18-7-9-20-33(31)38)26-22-23-36-34(24-26)28-15-10-11-21-35(28)39-36/h1-4,6-15,17-24H,5,16H2. The van der Waals surface area contributed by atoms with Crippen LogP contribution in [0.1, 0.15) is 24.0 Å². The molecule has 1 aromatic heterocycles. The molecule has 0 spiro atoms. The maximum atomic E-state index is 2.42. The molecule has 7 aromatic rings. The lowest BCUT2D eigenvalue weighted by molar-refractivity contribution is 1.06. The fraction of sp³-hybridized carbons (Fsp3) is 0.0526. The first kappa shape index (κ1) is 22.5. The van der Waals surface area contributed by atoms with E-state index in [0.29, 0.717) is 0 Å². The van der Waals surface area contributed by atoms with Crippen molar-refractivity contribution in [3.05, 3.63) is 145 Å². The third kappa shape index (κ3) is 3.58. The Bertz CT molecular complexity index is 2050. The summed E-state index contributed by atoms with van der Waals surface area (Å²) >= 11 is 1.88. The Morgan fingerprint density at radius 3 is 1.77 bits per heavy atom. The topological polar surface area (TPSA) is 0 Å². The number of hydrogen-bond donors (Lipinski definition) is 0. The Morgan fingerprint density at radius 2 is 1.05 bits per heavy atom. The highest BCUT2D eigenvalue weighted by Gasteiger charge is 2.21. The molecule has 8 rings (SSSR count). The van der Waals surface area contributed by atoms with Crippen LogP contribution in [0.25, 0.3) is 64.0 Å². The minimum atomic E-state index is 1.04. The summed E-state index contributed by atoms with van der Waals surface area (Å²) in [6.45, 7) is 0. The zero-order valence-corrected chi connectivity index (χ0v) is 22.3. The molecule has 0 saturated heterocycles. The zero-order valence-electron chi connectivity index (χ0n) is 21.5. The summed E-state index contributed by atoms with van der Waals surface area (Å²) in [5.41, 5.74) is 8.07. The van der Waals surface area contributed by atoms with Crippen LogP contribution < -0.4 is 0 Å². The molecule has 0 radical (unpaired) electrons. The Balaban J connectivity index is 1.48. The lowest BCUT2D eigenvalue weighted by Gasteiger charge is -2.23. The Hall–Kier alpha value is -4.46. The van der Waals surface area contributed by atoms with Crippen LogP contribution in [-0.4, -0.2) is 0 Å². The highest BCUT2D eigenvalue weighted by atomic mass is 32.1. The molecule has 0 fully saturated rings. The molecule has 0 saturated carbocycles. The molecule has 0 nitrogen and oxygen atoms in total. The molecule has 39 heavy (non-hydrogen) atoms. The summed E-state index contributed by atoms with van der Waals surface area (Å²) in [6.07, 6.45) is 6.77. The summed E-state index contributed by atoms with van der Waals surface area (Å²) in [6, 6.07) is 44.8. The van der Waals surface area contributed by atoms with E-state index in [-0.39, 0.29) is 0 Å². The molecule has 0 aliphatic heterocycles. The van der Waals surface area contributed by atoms with E-state index in [4.69, 9.17) is 0 Å². The summed E-state index contributed by atoms with van der Waals surface area (Å²) in [5.74, 6) is 0. The van der Waals surface area contributed by atoms with Gasteiger partial charge in [0.05, 0.1) is 0 Å². The van der Waals surface area contributed by atoms with Crippen LogP contribution >= 0.6 is 11.3 Å². The van der Waals surface area contributed by atoms with Gasteiger partial charge in [-0.15, -0.1) is 11.3 Å². The average molecular weight is 515 g/mol. The molecular weight excluding hydrogens is 488 g/mol. The molecule has 1 heteroatoms. The first-order valence-electron chi connectivity index (χ1n) is 13.7. The van der Waals surface area contributed by atoms with Gasteiger partial charge in [0.25, 0.3) is 0 Å². The van der Waals surface area contributed by atoms with E-state index >= 15 is 0 Å². The van der Waals surface area contributed by atoms with Gasteiger partial charge in [0, 0.05) is 20.2 Å². The van der Waals surface area contributed by atoms with Crippen molar-refractivity contribution >= 4 is 64.2 Å². The van der Waals surface area contributed by atoms with Gasteiger partial charge in [-0.25, -0.2) is 0 Å². The van der Waals surface area contributed by atoms with Gasteiger partial charge < -0.3 is 0 Å². The largest absolute Gasteiger partial charge is 0.135 e. The first-order valence-corrected chi connectivity index (χ1v) is 14.5. The summed E-state index contributed by atoms with van der Waals surface area (Å²) < 4.78 is 2.69. The van der Waals surface area contributed by atoms with Crippen molar-refractivity contribution in [1.29, 1.82) is 0 Å². The van der Waals surface area contributed by atoms with E-state index in [1.165, 1.54) is 75.1 Å². The Labute approximate surface area is 232 Å². The van der Waals surface area contributed by atoms with Gasteiger partial charge in [-0.05, 0) is 86.0 Å². The van der Waals surface area contributed by atoms with Crippen molar-refractivity contribution in [3.8, 4) is 11.1 Å². The first-order chi connectivity index (χ1) is 19.4. The van der Waals surface area contributed by atoms with Crippen LogP contribution in [0.2, 0.25) is 0 Å². The van der Waals surface area contributed by atoms with Gasteiger partial charge >= 0.3 is 0 Å². The van der Waals surface area contributed by atoms with Crippen LogP contribution in [0.15, 0.2) is 133 Å². The normalized spacial score (nSPS) is 13.7. The van der Waals surface area contributed by atoms with E-state index in [2.05, 4.69) is 133 Å². The van der Waals surface area contributed by atoms with Crippen LogP contribution in [0.5, 0.6) is 0 Å². The van der Waals surface area contributed by atoms with E-state index < -0.39 is 0 Å². The minimum Gasteiger partial charge on any atom is -0.135 e. The smallest absolute Gasteiger partial charge is 0.0355 e. The molecule has 0 atom stereocenters. The maximum Gasteiger partial charge on any atom is 0.0355 e. The van der Waals surface area contributed by atoms with Gasteiger partial charge in [0.15, 0.2) is 0 Å². The fourth-order valence-corrected chi connectivity index (χ4v) is 7.54. The summed E-state index contributed by atoms with van der Waals surface area (Å²) in [4.78, 5) is 0. The highest BCUT2D eigenvalue weighted by molar-refractivity contribution is 7.25. The van der Waals surface area contributed by atoms with E-state index in [9.17, 15) is 0 Å². The predicted molar refractivity (Wildman–Crippen MR) is 171 cm³/mol. The molecule has 1 aliphatic carbocycles. The van der Waals surface area contributed by atoms with Gasteiger partial charge in [0.2, 0.25) is 0 Å². The lowest BCUT2D eigenvalue weighted by Crippen LogP contribution is -1.99. The number of fused-ring (bicyclic) bond motifs is 5. The van der Waals surface area contributed by atoms with Crippen LogP contribution in [0.4, 0.5) is 0 Å². The van der Waals surface area contributed by atoms with Crippen LogP contribution in [-0.2, 0) is 0 Å². The highest BCUT2D eigenvalue weighted by Crippen LogP contribution is 2.46. The Morgan fingerprint density at radius 1 is 0.462 bits per heavy atom. The number of allylic oxidation sites excluding steroid dienone is 4. The van der Waals surface area contributed by atoms with Gasteiger partial charge in [0.1, 0.15) is 0 Å². The predicted octanol–water partition coefficient (Wildman–Crippen LogP) is 11.3. The van der Waals surface area contributed by atoms with Crippen molar-refractivity contribution in [1.82, 2.24) is 0 Å². The van der Waals surface area contributed by atoms with E-state index in [0.717, 1.165) is 12.8 Å². The van der Waals surface area contributed by atoms with Gasteiger partial charge in [-0.3, -0.25) is 0 Å². The van der Waals surface area contributed by atoms with Crippen LogP contribution in [0.3, 0.4) is 0 Å². The fourth-order valence-electron chi connectivity index (χ4n) is 6.46. The molecular formula is C38H26S. The van der Waals surface area contributed by atoms with Gasteiger partial charge in [-0.1, -0.05) is 115 Å². The average Bonchev–Trinajstić information content (AvgIpc) is 3.38. The molecule has 0 bridgehead atoms.